The number of nitrogens with one attached hydrogen (secondary N) is 1. The molecule has 2 heterocycles. The fourth-order valence-corrected chi connectivity index (χ4v) is 5.19. The number of nitrogens with two attached hydrogens (primary N) is 1. The van der Waals surface area contributed by atoms with Gasteiger partial charge in [0, 0.05) is 30.8 Å². The Balaban J connectivity index is 1.73. The standard InChI is InChI=1S/C18H25N3O3S/c1-10-3-4-13-14(9-10)25-18(15(13)16(19)23)20-17(24)12-5-7-21(8-6-12)11(2)22/h10,12H,3-9H2,1-2H3,(H2,19,23)(H,20,24)/t10-/m0/s1. The van der Waals surface area contributed by atoms with Crippen LogP contribution in [0.1, 0.15) is 53.9 Å². The van der Waals surface area contributed by atoms with Crippen molar-refractivity contribution in [1.29, 1.82) is 0 Å². The number of carbonyl (C=O) groups excluding carboxylic acids is 3. The molecule has 1 aliphatic heterocycles. The molecule has 0 spiro atoms. The zero-order chi connectivity index (χ0) is 18.1. The number of carbonyl (C=O) groups is 3. The zero-order valence-corrected chi connectivity index (χ0v) is 15.6. The summed E-state index contributed by atoms with van der Waals surface area (Å²) in [5.41, 5.74) is 7.12. The number of thiophene rings is 1. The number of amides is 3. The van der Waals surface area contributed by atoms with Gasteiger partial charge in [-0.15, -0.1) is 11.3 Å². The summed E-state index contributed by atoms with van der Waals surface area (Å²) in [6, 6.07) is 0. The maximum Gasteiger partial charge on any atom is 0.251 e. The Kier molecular flexibility index (Phi) is 5.13. The van der Waals surface area contributed by atoms with Crippen molar-refractivity contribution in [2.45, 2.75) is 46.0 Å². The number of anilines is 1. The fraction of sp³-hybridized carbons (Fsp3) is 0.611. The number of hydrogen-bond donors (Lipinski definition) is 2. The Morgan fingerprint density at radius 3 is 2.48 bits per heavy atom. The molecule has 7 heteroatoms. The average Bonchev–Trinajstić information content (AvgIpc) is 2.91. The highest BCUT2D eigenvalue weighted by Gasteiger charge is 2.30. The summed E-state index contributed by atoms with van der Waals surface area (Å²) >= 11 is 1.49. The first-order valence-corrected chi connectivity index (χ1v) is 9.69. The third kappa shape index (κ3) is 3.71. The molecule has 1 aromatic rings. The van der Waals surface area contributed by atoms with Gasteiger partial charge in [-0.3, -0.25) is 14.4 Å². The van der Waals surface area contributed by atoms with Gasteiger partial charge < -0.3 is 16.0 Å². The van der Waals surface area contributed by atoms with Crippen LogP contribution in [0.3, 0.4) is 0 Å². The quantitative estimate of drug-likeness (QED) is 0.862. The fourth-order valence-electron chi connectivity index (χ4n) is 3.77. The summed E-state index contributed by atoms with van der Waals surface area (Å²) in [7, 11) is 0. The first kappa shape index (κ1) is 17.9. The Morgan fingerprint density at radius 1 is 1.20 bits per heavy atom. The zero-order valence-electron chi connectivity index (χ0n) is 14.8. The van der Waals surface area contributed by atoms with Gasteiger partial charge in [0.2, 0.25) is 11.8 Å². The molecular formula is C18H25N3O3S. The van der Waals surface area contributed by atoms with E-state index in [-0.39, 0.29) is 17.7 Å². The van der Waals surface area contributed by atoms with Crippen LogP contribution in [0.5, 0.6) is 0 Å². The van der Waals surface area contributed by atoms with Gasteiger partial charge in [-0.05, 0) is 43.6 Å². The Morgan fingerprint density at radius 2 is 1.88 bits per heavy atom. The van der Waals surface area contributed by atoms with E-state index >= 15 is 0 Å². The number of fused-ring (bicyclic) bond motifs is 1. The summed E-state index contributed by atoms with van der Waals surface area (Å²) in [6.45, 7) is 4.97. The van der Waals surface area contributed by atoms with E-state index in [1.165, 1.54) is 16.2 Å². The van der Waals surface area contributed by atoms with E-state index in [4.69, 9.17) is 5.73 Å². The van der Waals surface area contributed by atoms with Crippen molar-refractivity contribution in [1.82, 2.24) is 4.90 Å². The first-order chi connectivity index (χ1) is 11.9. The minimum absolute atomic E-state index is 0.0509. The molecule has 136 valence electrons. The van der Waals surface area contributed by atoms with Gasteiger partial charge in [0.15, 0.2) is 0 Å². The number of piperidine rings is 1. The van der Waals surface area contributed by atoms with Crippen molar-refractivity contribution in [3.63, 3.8) is 0 Å². The molecule has 2 aliphatic rings. The van der Waals surface area contributed by atoms with Crippen LogP contribution < -0.4 is 11.1 Å². The minimum atomic E-state index is -0.464. The Labute approximate surface area is 151 Å². The molecule has 3 amide bonds. The second-order valence-electron chi connectivity index (χ2n) is 7.19. The molecule has 1 saturated heterocycles. The molecule has 0 unspecified atom stereocenters. The van der Waals surface area contributed by atoms with Gasteiger partial charge in [0.05, 0.1) is 5.56 Å². The third-order valence-corrected chi connectivity index (χ3v) is 6.48. The van der Waals surface area contributed by atoms with E-state index in [9.17, 15) is 14.4 Å². The van der Waals surface area contributed by atoms with Crippen molar-refractivity contribution in [3.8, 4) is 0 Å². The van der Waals surface area contributed by atoms with Crippen molar-refractivity contribution >= 4 is 34.1 Å². The first-order valence-electron chi connectivity index (χ1n) is 8.87. The summed E-state index contributed by atoms with van der Waals surface area (Å²) in [6.07, 6.45) is 4.13. The third-order valence-electron chi connectivity index (χ3n) is 5.31. The lowest BCUT2D eigenvalue weighted by atomic mass is 9.88. The monoisotopic (exact) mass is 363 g/mol. The lowest BCUT2D eigenvalue weighted by Crippen LogP contribution is -2.40. The van der Waals surface area contributed by atoms with E-state index in [1.54, 1.807) is 11.8 Å². The lowest BCUT2D eigenvalue weighted by Gasteiger charge is -2.30. The largest absolute Gasteiger partial charge is 0.365 e. The maximum absolute atomic E-state index is 12.6. The maximum atomic E-state index is 12.6. The molecule has 0 saturated carbocycles. The predicted octanol–water partition coefficient (Wildman–Crippen LogP) is 2.17. The smallest absolute Gasteiger partial charge is 0.251 e. The van der Waals surface area contributed by atoms with Gasteiger partial charge in [-0.1, -0.05) is 6.92 Å². The molecule has 1 fully saturated rings. The van der Waals surface area contributed by atoms with Crippen LogP contribution in [0.4, 0.5) is 5.00 Å². The van der Waals surface area contributed by atoms with Crippen LogP contribution in [-0.2, 0) is 22.4 Å². The molecule has 25 heavy (non-hydrogen) atoms. The highest BCUT2D eigenvalue weighted by molar-refractivity contribution is 7.17. The van der Waals surface area contributed by atoms with Gasteiger partial charge in [-0.25, -0.2) is 0 Å². The number of primary amides is 1. The molecule has 0 radical (unpaired) electrons. The average molecular weight is 363 g/mol. The minimum Gasteiger partial charge on any atom is -0.365 e. The summed E-state index contributed by atoms with van der Waals surface area (Å²) < 4.78 is 0. The van der Waals surface area contributed by atoms with Gasteiger partial charge in [0.25, 0.3) is 5.91 Å². The van der Waals surface area contributed by atoms with Crippen LogP contribution in [0.2, 0.25) is 0 Å². The number of nitrogens with zero attached hydrogens (tertiary/aromatic N) is 1. The lowest BCUT2D eigenvalue weighted by molar-refractivity contribution is -0.132. The van der Waals surface area contributed by atoms with E-state index in [1.807, 2.05) is 0 Å². The van der Waals surface area contributed by atoms with Gasteiger partial charge >= 0.3 is 0 Å². The second kappa shape index (κ2) is 7.15. The molecule has 6 nitrogen and oxygen atoms in total. The van der Waals surface area contributed by atoms with E-state index in [0.29, 0.717) is 42.4 Å². The summed E-state index contributed by atoms with van der Waals surface area (Å²) in [5.74, 6) is -0.0262. The Bertz CT molecular complexity index is 705. The molecule has 1 aliphatic carbocycles. The van der Waals surface area contributed by atoms with Crippen LogP contribution in [0, 0.1) is 11.8 Å². The van der Waals surface area contributed by atoms with Crippen molar-refractivity contribution < 1.29 is 14.4 Å². The highest BCUT2D eigenvalue weighted by atomic mass is 32.1. The normalized spacial score (nSPS) is 20.9. The number of hydrogen-bond acceptors (Lipinski definition) is 4. The molecule has 0 bridgehead atoms. The van der Waals surface area contributed by atoms with E-state index in [0.717, 1.165) is 24.8 Å². The number of rotatable bonds is 3. The summed E-state index contributed by atoms with van der Waals surface area (Å²) in [4.78, 5) is 38.9. The SMILES string of the molecule is CC(=O)N1CCC(C(=O)Nc2sc3c(c2C(N)=O)CC[C@H](C)C3)CC1. The van der Waals surface area contributed by atoms with Crippen LogP contribution in [-0.4, -0.2) is 35.7 Å². The van der Waals surface area contributed by atoms with Crippen molar-refractivity contribution in [2.75, 3.05) is 18.4 Å². The topological polar surface area (TPSA) is 92.5 Å². The Hall–Kier alpha value is -1.89. The van der Waals surface area contributed by atoms with E-state index in [2.05, 4.69) is 12.2 Å². The van der Waals surface area contributed by atoms with Crippen molar-refractivity contribution in [2.24, 2.45) is 17.6 Å². The molecule has 3 rings (SSSR count). The van der Waals surface area contributed by atoms with Gasteiger partial charge in [-0.2, -0.15) is 0 Å². The highest BCUT2D eigenvalue weighted by Crippen LogP contribution is 2.39. The van der Waals surface area contributed by atoms with Crippen LogP contribution in [0.15, 0.2) is 0 Å². The predicted molar refractivity (Wildman–Crippen MR) is 97.6 cm³/mol. The van der Waals surface area contributed by atoms with Crippen molar-refractivity contribution in [3.05, 3.63) is 16.0 Å². The molecule has 1 aromatic heterocycles. The molecular weight excluding hydrogens is 338 g/mol. The molecule has 3 N–H and O–H groups in total. The molecule has 0 aromatic carbocycles. The second-order valence-corrected chi connectivity index (χ2v) is 8.29. The van der Waals surface area contributed by atoms with Gasteiger partial charge in [0.1, 0.15) is 5.00 Å². The summed E-state index contributed by atoms with van der Waals surface area (Å²) in [5, 5.41) is 3.56. The molecule has 1 atom stereocenters. The van der Waals surface area contributed by atoms with E-state index < -0.39 is 5.91 Å². The van der Waals surface area contributed by atoms with Crippen LogP contribution in [0.25, 0.3) is 0 Å². The number of likely N-dealkylation sites (tertiary alicyclic amines) is 1. The van der Waals surface area contributed by atoms with Crippen LogP contribution >= 0.6 is 11.3 Å².